The first-order valence-corrected chi connectivity index (χ1v) is 20.3. The molecular formula is C40H84N2. The number of unbranched alkanes of at least 4 members (excludes halogenated alkanes) is 36. The summed E-state index contributed by atoms with van der Waals surface area (Å²) in [5.41, 5.74) is 11.2. The Kier molecular flexibility index (Phi) is 38.9. The maximum atomic E-state index is 5.59. The highest BCUT2D eigenvalue weighted by atomic mass is 14.8. The smallest absolute Gasteiger partial charge is 0.0520 e. The molecule has 0 aromatic heterocycles. The Morgan fingerprint density at radius 3 is 0.524 bits per heavy atom. The highest BCUT2D eigenvalue weighted by Crippen LogP contribution is 2.17. The van der Waals surface area contributed by atoms with Gasteiger partial charge in [0, 0.05) is 0 Å². The van der Waals surface area contributed by atoms with Gasteiger partial charge in [-0.15, -0.1) is 0 Å². The summed E-state index contributed by atoms with van der Waals surface area (Å²) in [4.78, 5) is 0. The molecule has 0 saturated carbocycles. The zero-order valence-electron chi connectivity index (χ0n) is 29.6. The van der Waals surface area contributed by atoms with Gasteiger partial charge in [0.1, 0.15) is 0 Å². The van der Waals surface area contributed by atoms with Crippen LogP contribution in [0.3, 0.4) is 0 Å². The molecule has 0 spiro atoms. The first-order chi connectivity index (χ1) is 20.8. The SMILES string of the molecule is CCCCCCCCCCCCCCCCCCCCCCCCCCCCCCCCCCCCCCCC(N)N. The molecule has 0 atom stereocenters. The van der Waals surface area contributed by atoms with Crippen LogP contribution in [0.2, 0.25) is 0 Å². The lowest BCUT2D eigenvalue weighted by atomic mass is 10.0. The molecule has 4 N–H and O–H groups in total. The molecule has 0 heterocycles. The Morgan fingerprint density at radius 1 is 0.238 bits per heavy atom. The summed E-state index contributed by atoms with van der Waals surface area (Å²) in [7, 11) is 0. The van der Waals surface area contributed by atoms with Crippen molar-refractivity contribution < 1.29 is 0 Å². The molecule has 0 bridgehead atoms. The Morgan fingerprint density at radius 2 is 0.381 bits per heavy atom. The van der Waals surface area contributed by atoms with Crippen LogP contribution in [0.15, 0.2) is 0 Å². The Bertz CT molecular complexity index is 449. The number of nitrogens with two attached hydrogens (primary N) is 2. The van der Waals surface area contributed by atoms with E-state index in [9.17, 15) is 0 Å². The van der Waals surface area contributed by atoms with E-state index in [4.69, 9.17) is 11.5 Å². The first kappa shape index (κ1) is 41.9. The van der Waals surface area contributed by atoms with Gasteiger partial charge in [-0.2, -0.15) is 0 Å². The van der Waals surface area contributed by atoms with Crippen LogP contribution in [0, 0.1) is 0 Å². The largest absolute Gasteiger partial charge is 0.316 e. The Labute approximate surface area is 268 Å². The normalized spacial score (nSPS) is 11.7. The van der Waals surface area contributed by atoms with E-state index in [0.29, 0.717) is 0 Å². The quantitative estimate of drug-likeness (QED) is 0.0553. The third kappa shape index (κ3) is 39.9. The average molecular weight is 593 g/mol. The molecule has 0 aliphatic rings. The Hall–Kier alpha value is -0.0800. The minimum atomic E-state index is -0.104. The van der Waals surface area contributed by atoms with Crippen LogP contribution in [0.1, 0.15) is 251 Å². The van der Waals surface area contributed by atoms with Crippen molar-refractivity contribution in [3.63, 3.8) is 0 Å². The van der Waals surface area contributed by atoms with E-state index >= 15 is 0 Å². The van der Waals surface area contributed by atoms with Gasteiger partial charge < -0.3 is 11.5 Å². The monoisotopic (exact) mass is 593 g/mol. The average Bonchev–Trinajstić information content (AvgIpc) is 2.98. The van der Waals surface area contributed by atoms with Crippen LogP contribution in [0.25, 0.3) is 0 Å². The van der Waals surface area contributed by atoms with Crippen molar-refractivity contribution >= 4 is 0 Å². The number of hydrogen-bond acceptors (Lipinski definition) is 2. The summed E-state index contributed by atoms with van der Waals surface area (Å²) in [6.45, 7) is 2.31. The Balaban J connectivity index is 3.03. The predicted molar refractivity (Wildman–Crippen MR) is 193 cm³/mol. The van der Waals surface area contributed by atoms with Crippen LogP contribution in [0.4, 0.5) is 0 Å². The molecule has 2 nitrogen and oxygen atoms in total. The first-order valence-electron chi connectivity index (χ1n) is 20.3. The van der Waals surface area contributed by atoms with Gasteiger partial charge >= 0.3 is 0 Å². The summed E-state index contributed by atoms with van der Waals surface area (Å²) in [5, 5.41) is 0. The van der Waals surface area contributed by atoms with Gasteiger partial charge in [0.15, 0.2) is 0 Å². The van der Waals surface area contributed by atoms with Gasteiger partial charge in [-0.05, 0) is 6.42 Å². The van der Waals surface area contributed by atoms with Crippen LogP contribution < -0.4 is 11.5 Å². The topological polar surface area (TPSA) is 52.0 Å². The maximum absolute atomic E-state index is 5.59. The summed E-state index contributed by atoms with van der Waals surface area (Å²) in [5.74, 6) is 0. The second-order valence-corrected chi connectivity index (χ2v) is 14.2. The maximum Gasteiger partial charge on any atom is 0.0520 e. The molecule has 0 fully saturated rings. The standard InChI is InChI=1S/C40H84N2/c1-2-3-4-5-6-7-8-9-10-11-12-13-14-15-16-17-18-19-20-21-22-23-24-25-26-27-28-29-30-31-32-33-34-35-36-37-38-39-40(41)42/h40H,2-39,41-42H2,1H3. The van der Waals surface area contributed by atoms with Gasteiger partial charge in [0.2, 0.25) is 0 Å². The summed E-state index contributed by atoms with van der Waals surface area (Å²) in [6, 6.07) is 0. The van der Waals surface area contributed by atoms with Crippen molar-refractivity contribution in [2.75, 3.05) is 0 Å². The fraction of sp³-hybridized carbons (Fsp3) is 1.00. The lowest BCUT2D eigenvalue weighted by Gasteiger charge is -2.05. The highest BCUT2D eigenvalue weighted by Gasteiger charge is 1.98. The zero-order valence-corrected chi connectivity index (χ0v) is 29.6. The van der Waals surface area contributed by atoms with Crippen LogP contribution in [-0.2, 0) is 0 Å². The van der Waals surface area contributed by atoms with Crippen LogP contribution >= 0.6 is 0 Å². The fourth-order valence-electron chi connectivity index (χ4n) is 6.64. The zero-order chi connectivity index (χ0) is 30.4. The molecular weight excluding hydrogens is 508 g/mol. The van der Waals surface area contributed by atoms with E-state index in [1.807, 2.05) is 0 Å². The van der Waals surface area contributed by atoms with Crippen molar-refractivity contribution in [2.45, 2.75) is 257 Å². The predicted octanol–water partition coefficient (Wildman–Crippen LogP) is 14.1. The molecule has 254 valence electrons. The van der Waals surface area contributed by atoms with Gasteiger partial charge in [-0.25, -0.2) is 0 Å². The molecule has 0 aromatic carbocycles. The van der Waals surface area contributed by atoms with Gasteiger partial charge in [0.25, 0.3) is 0 Å². The minimum absolute atomic E-state index is 0.104. The lowest BCUT2D eigenvalue weighted by molar-refractivity contribution is 0.508. The molecule has 0 radical (unpaired) electrons. The summed E-state index contributed by atoms with van der Waals surface area (Å²) < 4.78 is 0. The van der Waals surface area contributed by atoms with E-state index < -0.39 is 0 Å². The third-order valence-corrected chi connectivity index (χ3v) is 9.64. The van der Waals surface area contributed by atoms with Gasteiger partial charge in [-0.1, -0.05) is 244 Å². The molecule has 0 aliphatic heterocycles. The highest BCUT2D eigenvalue weighted by molar-refractivity contribution is 4.54. The summed E-state index contributed by atoms with van der Waals surface area (Å²) >= 11 is 0. The van der Waals surface area contributed by atoms with Gasteiger partial charge in [0.05, 0.1) is 6.17 Å². The van der Waals surface area contributed by atoms with E-state index in [0.717, 1.165) is 6.42 Å². The molecule has 0 saturated heterocycles. The molecule has 0 aliphatic carbocycles. The molecule has 2 heteroatoms. The molecule has 0 aromatic rings. The summed E-state index contributed by atoms with van der Waals surface area (Å²) in [6.07, 6.45) is 54.8. The third-order valence-electron chi connectivity index (χ3n) is 9.64. The van der Waals surface area contributed by atoms with Crippen LogP contribution in [0.5, 0.6) is 0 Å². The van der Waals surface area contributed by atoms with E-state index in [1.54, 1.807) is 0 Å². The fourth-order valence-corrected chi connectivity index (χ4v) is 6.64. The lowest BCUT2D eigenvalue weighted by Crippen LogP contribution is -2.29. The van der Waals surface area contributed by atoms with Crippen molar-refractivity contribution in [3.8, 4) is 0 Å². The number of hydrogen-bond donors (Lipinski definition) is 2. The molecule has 0 amide bonds. The molecule has 0 rings (SSSR count). The van der Waals surface area contributed by atoms with Crippen molar-refractivity contribution in [1.82, 2.24) is 0 Å². The van der Waals surface area contributed by atoms with E-state index in [-0.39, 0.29) is 6.17 Å². The van der Waals surface area contributed by atoms with Crippen molar-refractivity contribution in [2.24, 2.45) is 11.5 Å². The van der Waals surface area contributed by atoms with Gasteiger partial charge in [-0.3, -0.25) is 0 Å². The second kappa shape index (κ2) is 38.9. The second-order valence-electron chi connectivity index (χ2n) is 14.2. The van der Waals surface area contributed by atoms with Crippen LogP contribution in [-0.4, -0.2) is 6.17 Å². The van der Waals surface area contributed by atoms with Crippen molar-refractivity contribution in [1.29, 1.82) is 0 Å². The minimum Gasteiger partial charge on any atom is -0.316 e. The van der Waals surface area contributed by atoms with E-state index in [1.165, 1.54) is 238 Å². The van der Waals surface area contributed by atoms with E-state index in [2.05, 4.69) is 6.92 Å². The number of rotatable bonds is 38. The molecule has 0 unspecified atom stereocenters. The van der Waals surface area contributed by atoms with Crippen molar-refractivity contribution in [3.05, 3.63) is 0 Å². The molecule has 42 heavy (non-hydrogen) atoms.